The minimum Gasteiger partial charge on any atom is -0.498 e. The Hall–Kier alpha value is -1.95. The zero-order valence-electron chi connectivity index (χ0n) is 8.93. The lowest BCUT2D eigenvalue weighted by Gasteiger charge is -2.21. The van der Waals surface area contributed by atoms with Crippen molar-refractivity contribution in [2.75, 3.05) is 14.2 Å². The molecule has 0 bridgehead atoms. The summed E-state index contributed by atoms with van der Waals surface area (Å²) in [5.41, 5.74) is 6.25. The van der Waals surface area contributed by atoms with E-state index in [9.17, 15) is 4.79 Å². The molecule has 0 saturated heterocycles. The van der Waals surface area contributed by atoms with Gasteiger partial charge in [0.2, 0.25) is 5.96 Å². The maximum atomic E-state index is 11.6. The van der Waals surface area contributed by atoms with E-state index in [1.54, 1.807) is 12.2 Å². The number of aliphatic imine (C=N–C) groups is 2. The standard InChI is InChI=1S/C10H11N3O3/c1-15-7-3-5-6(4-8(7)16-2)12-10(11)13-9(5)14/h3-4,7H,1-2H3,(H2,11,13,14). The minimum absolute atomic E-state index is 0.0419. The van der Waals surface area contributed by atoms with E-state index in [0.717, 1.165) is 0 Å². The molecule has 0 radical (unpaired) electrons. The Kier molecular flexibility index (Phi) is 2.57. The van der Waals surface area contributed by atoms with Crippen LogP contribution in [0, 0.1) is 0 Å². The van der Waals surface area contributed by atoms with Crippen molar-refractivity contribution < 1.29 is 14.3 Å². The second-order valence-corrected chi connectivity index (χ2v) is 3.26. The van der Waals surface area contributed by atoms with Crippen LogP contribution < -0.4 is 5.73 Å². The average molecular weight is 221 g/mol. The maximum absolute atomic E-state index is 11.6. The van der Waals surface area contributed by atoms with E-state index in [1.807, 2.05) is 0 Å². The smallest absolute Gasteiger partial charge is 0.282 e. The van der Waals surface area contributed by atoms with E-state index in [0.29, 0.717) is 17.0 Å². The molecule has 1 heterocycles. The molecule has 6 nitrogen and oxygen atoms in total. The van der Waals surface area contributed by atoms with Crippen LogP contribution in [0.1, 0.15) is 0 Å². The van der Waals surface area contributed by atoms with Gasteiger partial charge in [-0.3, -0.25) is 4.79 Å². The second kappa shape index (κ2) is 3.90. The number of amides is 1. The van der Waals surface area contributed by atoms with Gasteiger partial charge in [0, 0.05) is 13.2 Å². The molecule has 0 aromatic heterocycles. The molecule has 0 aromatic rings. The highest BCUT2D eigenvalue weighted by molar-refractivity contribution is 6.32. The largest absolute Gasteiger partial charge is 0.498 e. The molecule has 1 aliphatic carbocycles. The summed E-state index contributed by atoms with van der Waals surface area (Å²) in [5, 5.41) is 0. The zero-order valence-corrected chi connectivity index (χ0v) is 8.93. The number of ether oxygens (including phenoxy) is 2. The van der Waals surface area contributed by atoms with E-state index in [-0.39, 0.29) is 5.96 Å². The first kappa shape index (κ1) is 10.6. The molecule has 1 unspecified atom stereocenters. The van der Waals surface area contributed by atoms with Gasteiger partial charge in [-0.25, -0.2) is 4.99 Å². The summed E-state index contributed by atoms with van der Waals surface area (Å²) in [4.78, 5) is 19.1. The topological polar surface area (TPSA) is 86.3 Å². The van der Waals surface area contributed by atoms with Crippen molar-refractivity contribution in [1.82, 2.24) is 0 Å². The molecule has 84 valence electrons. The SMILES string of the molecule is COC1=CC2=NC(N)=NC(=O)C2=CC1OC. The number of hydrogen-bond acceptors (Lipinski definition) is 5. The molecule has 0 aromatic carbocycles. The van der Waals surface area contributed by atoms with Gasteiger partial charge >= 0.3 is 0 Å². The number of guanidine groups is 1. The number of rotatable bonds is 2. The molecule has 0 fully saturated rings. The lowest BCUT2D eigenvalue weighted by molar-refractivity contribution is -0.114. The van der Waals surface area contributed by atoms with Gasteiger partial charge in [-0.2, -0.15) is 4.99 Å². The van der Waals surface area contributed by atoms with Crippen molar-refractivity contribution in [3.63, 3.8) is 0 Å². The maximum Gasteiger partial charge on any atom is 0.282 e. The Balaban J connectivity index is 2.45. The molecule has 6 heteroatoms. The predicted molar refractivity (Wildman–Crippen MR) is 58.0 cm³/mol. The summed E-state index contributed by atoms with van der Waals surface area (Å²) in [6.07, 6.45) is 2.86. The van der Waals surface area contributed by atoms with Crippen LogP contribution in [0.3, 0.4) is 0 Å². The number of nitrogens with zero attached hydrogens (tertiary/aromatic N) is 2. The number of nitrogens with two attached hydrogens (primary N) is 1. The highest BCUT2D eigenvalue weighted by atomic mass is 16.5. The number of carbonyl (C=O) groups is 1. The van der Waals surface area contributed by atoms with Crippen LogP contribution in [0.5, 0.6) is 0 Å². The summed E-state index contributed by atoms with van der Waals surface area (Å²) in [5.74, 6) is 0.128. The van der Waals surface area contributed by atoms with E-state index >= 15 is 0 Å². The number of carbonyl (C=O) groups excluding carboxylic acids is 1. The van der Waals surface area contributed by atoms with Gasteiger partial charge in [0.15, 0.2) is 0 Å². The van der Waals surface area contributed by atoms with Gasteiger partial charge < -0.3 is 15.2 Å². The molecule has 0 saturated carbocycles. The van der Waals surface area contributed by atoms with E-state index in [1.165, 1.54) is 14.2 Å². The van der Waals surface area contributed by atoms with Crippen molar-refractivity contribution in [3.05, 3.63) is 23.5 Å². The molecule has 1 atom stereocenters. The van der Waals surface area contributed by atoms with Crippen molar-refractivity contribution in [1.29, 1.82) is 0 Å². The normalized spacial score (nSPS) is 23.9. The van der Waals surface area contributed by atoms with Gasteiger partial charge in [0.25, 0.3) is 5.91 Å². The molecular weight excluding hydrogens is 210 g/mol. The van der Waals surface area contributed by atoms with Crippen molar-refractivity contribution in [3.8, 4) is 0 Å². The number of allylic oxidation sites excluding steroid dienone is 1. The fraction of sp³-hybridized carbons (Fsp3) is 0.300. The van der Waals surface area contributed by atoms with E-state index in [2.05, 4.69) is 9.98 Å². The molecule has 16 heavy (non-hydrogen) atoms. The van der Waals surface area contributed by atoms with Gasteiger partial charge in [-0.1, -0.05) is 0 Å². The van der Waals surface area contributed by atoms with Crippen molar-refractivity contribution in [2.45, 2.75) is 6.10 Å². The summed E-state index contributed by atoms with van der Waals surface area (Å²) in [7, 11) is 3.06. The lowest BCUT2D eigenvalue weighted by atomic mass is 9.99. The highest BCUT2D eigenvalue weighted by Gasteiger charge is 2.28. The molecule has 2 N–H and O–H groups in total. The predicted octanol–water partition coefficient (Wildman–Crippen LogP) is -0.232. The molecule has 1 amide bonds. The van der Waals surface area contributed by atoms with Crippen LogP contribution in [0.25, 0.3) is 0 Å². The van der Waals surface area contributed by atoms with Crippen LogP contribution in [0.2, 0.25) is 0 Å². The zero-order chi connectivity index (χ0) is 11.7. The van der Waals surface area contributed by atoms with Crippen LogP contribution in [0.15, 0.2) is 33.5 Å². The Bertz CT molecular complexity index is 460. The first-order chi connectivity index (χ1) is 7.65. The van der Waals surface area contributed by atoms with Gasteiger partial charge in [0.05, 0.1) is 18.4 Å². The second-order valence-electron chi connectivity index (χ2n) is 3.26. The highest BCUT2D eigenvalue weighted by Crippen LogP contribution is 2.21. The Morgan fingerprint density at radius 2 is 2.12 bits per heavy atom. The third kappa shape index (κ3) is 1.63. The van der Waals surface area contributed by atoms with Crippen molar-refractivity contribution in [2.24, 2.45) is 15.7 Å². The number of fused-ring (bicyclic) bond motifs is 1. The fourth-order valence-corrected chi connectivity index (χ4v) is 1.56. The summed E-state index contributed by atoms with van der Waals surface area (Å²) < 4.78 is 10.3. The summed E-state index contributed by atoms with van der Waals surface area (Å²) >= 11 is 0. The lowest BCUT2D eigenvalue weighted by Crippen LogP contribution is -2.29. The Labute approximate surface area is 92.2 Å². The number of methoxy groups -OCH3 is 2. The monoisotopic (exact) mass is 221 g/mol. The van der Waals surface area contributed by atoms with Gasteiger partial charge in [0.1, 0.15) is 11.9 Å². The van der Waals surface area contributed by atoms with Crippen LogP contribution >= 0.6 is 0 Å². The van der Waals surface area contributed by atoms with Crippen molar-refractivity contribution >= 4 is 17.6 Å². The fourth-order valence-electron chi connectivity index (χ4n) is 1.56. The Morgan fingerprint density at radius 1 is 1.38 bits per heavy atom. The van der Waals surface area contributed by atoms with E-state index < -0.39 is 12.0 Å². The average Bonchev–Trinajstić information content (AvgIpc) is 2.27. The molecule has 2 rings (SSSR count). The van der Waals surface area contributed by atoms with E-state index in [4.69, 9.17) is 15.2 Å². The van der Waals surface area contributed by atoms with Crippen LogP contribution in [0.4, 0.5) is 0 Å². The minimum atomic E-state index is -0.407. The molecule has 2 aliphatic rings. The quantitative estimate of drug-likeness (QED) is 0.697. The third-order valence-electron chi connectivity index (χ3n) is 2.32. The molecular formula is C10H11N3O3. The van der Waals surface area contributed by atoms with Crippen LogP contribution in [-0.2, 0) is 14.3 Å². The first-order valence-electron chi connectivity index (χ1n) is 4.63. The van der Waals surface area contributed by atoms with Gasteiger partial charge in [-0.05, 0) is 6.08 Å². The Morgan fingerprint density at radius 3 is 2.75 bits per heavy atom. The third-order valence-corrected chi connectivity index (χ3v) is 2.32. The summed E-state index contributed by atoms with van der Waals surface area (Å²) in [6, 6.07) is 0. The van der Waals surface area contributed by atoms with Gasteiger partial charge in [-0.15, -0.1) is 0 Å². The first-order valence-corrected chi connectivity index (χ1v) is 4.63. The molecule has 0 spiro atoms. The van der Waals surface area contributed by atoms with Crippen LogP contribution in [-0.4, -0.2) is 37.9 Å². The summed E-state index contributed by atoms with van der Waals surface area (Å²) in [6.45, 7) is 0. The molecule has 1 aliphatic heterocycles. The number of hydrogen-bond donors (Lipinski definition) is 1.